The molecule has 2 saturated carbocycles. The first-order valence-electron chi connectivity index (χ1n) is 9.38. The molecule has 0 spiro atoms. The third kappa shape index (κ3) is 3.21. The Bertz CT molecular complexity index is 745. The number of hydrogen-bond acceptors (Lipinski definition) is 0. The van der Waals surface area contributed by atoms with E-state index in [1.165, 1.54) is 68.9 Å². The van der Waals surface area contributed by atoms with Gasteiger partial charge in [0.2, 0.25) is 0 Å². The topological polar surface area (TPSA) is 0 Å². The van der Waals surface area contributed by atoms with Crippen molar-refractivity contribution in [1.82, 2.24) is 0 Å². The summed E-state index contributed by atoms with van der Waals surface area (Å²) < 4.78 is 42.9. The molecule has 2 fully saturated rings. The maximum atomic E-state index is 14.7. The van der Waals surface area contributed by atoms with E-state index in [2.05, 4.69) is 0 Å². The zero-order valence-electron chi connectivity index (χ0n) is 14.3. The lowest BCUT2D eigenvalue weighted by Gasteiger charge is -2.24. The van der Waals surface area contributed by atoms with Gasteiger partial charge in [0.25, 0.3) is 0 Å². The van der Waals surface area contributed by atoms with Gasteiger partial charge in [-0.2, -0.15) is 0 Å². The van der Waals surface area contributed by atoms with Crippen molar-refractivity contribution >= 4 is 0 Å². The SMILES string of the molecule is Fc1cccc(-c2c(F)cc(C3CCC4CCCCCC43)cc2F)c1. The van der Waals surface area contributed by atoms with Gasteiger partial charge in [-0.05, 0) is 72.4 Å². The number of benzene rings is 2. The van der Waals surface area contributed by atoms with E-state index in [-0.39, 0.29) is 17.0 Å². The minimum atomic E-state index is -0.585. The van der Waals surface area contributed by atoms with Crippen LogP contribution in [0.1, 0.15) is 56.4 Å². The molecule has 0 N–H and O–H groups in total. The molecule has 3 unspecified atom stereocenters. The Labute approximate surface area is 147 Å². The fraction of sp³-hybridized carbons (Fsp3) is 0.455. The lowest BCUT2D eigenvalue weighted by atomic mass is 9.81. The first kappa shape index (κ1) is 16.7. The van der Waals surface area contributed by atoms with E-state index in [0.717, 1.165) is 12.0 Å². The van der Waals surface area contributed by atoms with E-state index in [1.54, 1.807) is 6.07 Å². The minimum Gasteiger partial charge on any atom is -0.207 e. The lowest BCUT2D eigenvalue weighted by molar-refractivity contribution is 0.341. The molecule has 0 aromatic heterocycles. The average molecular weight is 344 g/mol. The lowest BCUT2D eigenvalue weighted by Crippen LogP contribution is -2.13. The van der Waals surface area contributed by atoms with E-state index in [1.807, 2.05) is 0 Å². The van der Waals surface area contributed by atoms with E-state index >= 15 is 0 Å². The van der Waals surface area contributed by atoms with Crippen LogP contribution in [0.5, 0.6) is 0 Å². The molecule has 0 bridgehead atoms. The van der Waals surface area contributed by atoms with Crippen LogP contribution in [0.2, 0.25) is 0 Å². The van der Waals surface area contributed by atoms with Gasteiger partial charge in [0.05, 0.1) is 5.56 Å². The highest BCUT2D eigenvalue weighted by Crippen LogP contribution is 2.50. The van der Waals surface area contributed by atoms with Crippen molar-refractivity contribution in [1.29, 1.82) is 0 Å². The standard InChI is InChI=1S/C22H23F3/c23-17-7-4-6-15(11-17)22-20(24)12-16(13-21(22)25)19-10-9-14-5-2-1-3-8-18(14)19/h4,6-7,11-14,18-19H,1-3,5,8-10H2. The quantitative estimate of drug-likeness (QED) is 0.559. The fourth-order valence-electron chi connectivity index (χ4n) is 5.05. The van der Waals surface area contributed by atoms with Crippen molar-refractivity contribution in [3.8, 4) is 11.1 Å². The first-order valence-corrected chi connectivity index (χ1v) is 9.38. The van der Waals surface area contributed by atoms with Crippen molar-refractivity contribution in [2.75, 3.05) is 0 Å². The smallest absolute Gasteiger partial charge is 0.134 e. The van der Waals surface area contributed by atoms with Crippen LogP contribution in [0.4, 0.5) is 13.2 Å². The molecule has 0 radical (unpaired) electrons. The van der Waals surface area contributed by atoms with E-state index in [4.69, 9.17) is 0 Å². The molecule has 2 aliphatic carbocycles. The second-order valence-corrected chi connectivity index (χ2v) is 7.62. The summed E-state index contributed by atoms with van der Waals surface area (Å²) in [5.74, 6) is -0.135. The van der Waals surface area contributed by atoms with Crippen LogP contribution in [-0.4, -0.2) is 0 Å². The largest absolute Gasteiger partial charge is 0.207 e. The van der Waals surface area contributed by atoms with Crippen LogP contribution in [0.15, 0.2) is 36.4 Å². The summed E-state index contributed by atoms with van der Waals surface area (Å²) in [6, 6.07) is 8.45. The van der Waals surface area contributed by atoms with Crippen LogP contribution < -0.4 is 0 Å². The first-order chi connectivity index (χ1) is 12.1. The zero-order valence-corrected chi connectivity index (χ0v) is 14.3. The molecular weight excluding hydrogens is 321 g/mol. The molecule has 2 aliphatic rings. The summed E-state index contributed by atoms with van der Waals surface area (Å²) in [6.45, 7) is 0. The third-order valence-corrected chi connectivity index (χ3v) is 6.19. The Kier molecular flexibility index (Phi) is 4.58. The molecule has 4 rings (SSSR count). The third-order valence-electron chi connectivity index (χ3n) is 6.19. The van der Waals surface area contributed by atoms with E-state index in [0.29, 0.717) is 11.8 Å². The van der Waals surface area contributed by atoms with Gasteiger partial charge < -0.3 is 0 Å². The van der Waals surface area contributed by atoms with Crippen molar-refractivity contribution < 1.29 is 13.2 Å². The van der Waals surface area contributed by atoms with Crippen molar-refractivity contribution in [3.05, 3.63) is 59.4 Å². The molecule has 25 heavy (non-hydrogen) atoms. The molecule has 0 heterocycles. The van der Waals surface area contributed by atoms with Gasteiger partial charge in [-0.15, -0.1) is 0 Å². The molecule has 132 valence electrons. The van der Waals surface area contributed by atoms with Gasteiger partial charge in [-0.3, -0.25) is 0 Å². The van der Waals surface area contributed by atoms with Gasteiger partial charge in [0.15, 0.2) is 0 Å². The van der Waals surface area contributed by atoms with Crippen molar-refractivity contribution in [2.45, 2.75) is 50.9 Å². The van der Waals surface area contributed by atoms with Gasteiger partial charge in [0, 0.05) is 0 Å². The van der Waals surface area contributed by atoms with E-state index in [9.17, 15) is 13.2 Å². The summed E-state index contributed by atoms with van der Waals surface area (Å²) in [4.78, 5) is 0. The number of fused-ring (bicyclic) bond motifs is 1. The Morgan fingerprint density at radius 1 is 0.760 bits per heavy atom. The maximum Gasteiger partial charge on any atom is 0.134 e. The number of hydrogen-bond donors (Lipinski definition) is 0. The normalized spacial score (nSPS) is 26.3. The Morgan fingerprint density at radius 2 is 1.52 bits per heavy atom. The van der Waals surface area contributed by atoms with E-state index < -0.39 is 17.5 Å². The van der Waals surface area contributed by atoms with Gasteiger partial charge in [0.1, 0.15) is 17.5 Å². The molecule has 3 atom stereocenters. The van der Waals surface area contributed by atoms with Crippen LogP contribution in [0.3, 0.4) is 0 Å². The molecule has 0 nitrogen and oxygen atoms in total. The summed E-state index contributed by atoms with van der Waals surface area (Å²) in [5.41, 5.74) is 0.906. The summed E-state index contributed by atoms with van der Waals surface area (Å²) in [6.07, 6.45) is 8.41. The van der Waals surface area contributed by atoms with Crippen molar-refractivity contribution in [3.63, 3.8) is 0 Å². The summed E-state index contributed by atoms with van der Waals surface area (Å²) >= 11 is 0. The van der Waals surface area contributed by atoms with Crippen molar-refractivity contribution in [2.24, 2.45) is 11.8 Å². The Morgan fingerprint density at radius 3 is 2.28 bits per heavy atom. The Hall–Kier alpha value is -1.77. The molecule has 0 amide bonds. The highest BCUT2D eigenvalue weighted by atomic mass is 19.1. The van der Waals surface area contributed by atoms with Gasteiger partial charge in [-0.25, -0.2) is 13.2 Å². The Balaban J connectivity index is 1.68. The second kappa shape index (κ2) is 6.86. The monoisotopic (exact) mass is 344 g/mol. The predicted octanol–water partition coefficient (Wildman–Crippen LogP) is 6.84. The minimum absolute atomic E-state index is 0.126. The molecule has 0 aliphatic heterocycles. The number of rotatable bonds is 2. The van der Waals surface area contributed by atoms with Gasteiger partial charge in [-0.1, -0.05) is 37.8 Å². The predicted molar refractivity (Wildman–Crippen MR) is 93.8 cm³/mol. The molecule has 3 heteroatoms. The zero-order chi connectivity index (χ0) is 17.4. The summed E-state index contributed by atoms with van der Waals surface area (Å²) in [7, 11) is 0. The maximum absolute atomic E-state index is 14.7. The fourth-order valence-corrected chi connectivity index (χ4v) is 5.05. The van der Waals surface area contributed by atoms with Gasteiger partial charge >= 0.3 is 0 Å². The molecular formula is C22H23F3. The van der Waals surface area contributed by atoms with Crippen LogP contribution in [0, 0.1) is 29.3 Å². The molecule has 2 aromatic rings. The van der Waals surface area contributed by atoms with Crippen LogP contribution >= 0.6 is 0 Å². The second-order valence-electron chi connectivity index (χ2n) is 7.62. The molecule has 2 aromatic carbocycles. The summed E-state index contributed by atoms with van der Waals surface area (Å²) in [5, 5.41) is 0. The highest BCUT2D eigenvalue weighted by molar-refractivity contribution is 5.65. The average Bonchev–Trinajstić information content (AvgIpc) is 2.83. The highest BCUT2D eigenvalue weighted by Gasteiger charge is 2.37. The number of halogens is 3. The van der Waals surface area contributed by atoms with Crippen LogP contribution in [0.25, 0.3) is 11.1 Å². The molecule has 0 saturated heterocycles. The van der Waals surface area contributed by atoms with Crippen LogP contribution in [-0.2, 0) is 0 Å².